The van der Waals surface area contributed by atoms with Gasteiger partial charge >= 0.3 is 0 Å². The topological polar surface area (TPSA) is 78.1 Å². The monoisotopic (exact) mass is 284 g/mol. The van der Waals surface area contributed by atoms with E-state index >= 15 is 0 Å². The van der Waals surface area contributed by atoms with E-state index in [1.807, 2.05) is 0 Å². The summed E-state index contributed by atoms with van der Waals surface area (Å²) in [6.45, 7) is 6.50. The van der Waals surface area contributed by atoms with Gasteiger partial charge in [0, 0.05) is 12.6 Å². The lowest BCUT2D eigenvalue weighted by molar-refractivity contribution is 0.0827. The van der Waals surface area contributed by atoms with E-state index in [0.29, 0.717) is 22.2 Å². The van der Waals surface area contributed by atoms with Crippen molar-refractivity contribution in [3.8, 4) is 0 Å². The molecule has 19 heavy (non-hydrogen) atoms. The summed E-state index contributed by atoms with van der Waals surface area (Å²) >= 11 is 0. The lowest BCUT2D eigenvalue weighted by Crippen LogP contribution is -2.57. The van der Waals surface area contributed by atoms with E-state index in [2.05, 4.69) is 19.8 Å². The molecule has 1 atom stereocenters. The first-order chi connectivity index (χ1) is 8.97. The summed E-state index contributed by atoms with van der Waals surface area (Å²) in [4.78, 5) is 2.64. The highest BCUT2D eigenvalue weighted by molar-refractivity contribution is 7.89. The molecule has 0 aromatic carbocycles. The number of hydrogen-bond donors (Lipinski definition) is 2. The summed E-state index contributed by atoms with van der Waals surface area (Å²) in [6, 6.07) is 0.0428. The summed E-state index contributed by atoms with van der Waals surface area (Å²) in [6.07, 6.45) is 2.19. The van der Waals surface area contributed by atoms with E-state index in [0.717, 1.165) is 32.5 Å². The Morgan fingerprint density at radius 3 is 2.47 bits per heavy atom. The van der Waals surface area contributed by atoms with Crippen molar-refractivity contribution in [2.24, 2.45) is 5.92 Å². The molecule has 106 valence electrons. The highest BCUT2D eigenvalue weighted by Crippen LogP contribution is 2.29. The van der Waals surface area contributed by atoms with Crippen LogP contribution in [0.4, 0.5) is 0 Å². The van der Waals surface area contributed by atoms with Gasteiger partial charge in [0.1, 0.15) is 4.90 Å². The van der Waals surface area contributed by atoms with Crippen molar-refractivity contribution in [1.82, 2.24) is 19.8 Å². The van der Waals surface area contributed by atoms with E-state index < -0.39 is 10.0 Å². The van der Waals surface area contributed by atoms with Gasteiger partial charge in [0.2, 0.25) is 10.0 Å². The fraction of sp³-hybridized carbons (Fsp3) is 0.750. The fourth-order valence-corrected chi connectivity index (χ4v) is 4.96. The molecule has 4 heterocycles. The third kappa shape index (κ3) is 2.30. The van der Waals surface area contributed by atoms with E-state index in [1.54, 1.807) is 13.8 Å². The molecule has 7 heteroatoms. The standard InChI is InChI=1S/C12H20N4O2S/c1-8-12(9(2)14-13-8)19(17,18)15-11-7-16-5-3-10(11)4-6-16/h10-11,15H,3-7H2,1-2H3,(H,13,14). The number of H-pyrrole nitrogens is 1. The molecule has 0 amide bonds. The normalized spacial score (nSPS) is 30.7. The van der Waals surface area contributed by atoms with Crippen LogP contribution in [0.3, 0.4) is 0 Å². The SMILES string of the molecule is Cc1n[nH]c(C)c1S(=O)(=O)NC1CN2CCC1CC2. The molecular formula is C12H20N4O2S. The number of aryl methyl sites for hydroxylation is 2. The number of piperidine rings is 3. The van der Waals surface area contributed by atoms with Crippen molar-refractivity contribution in [3.05, 3.63) is 11.4 Å². The van der Waals surface area contributed by atoms with Crippen molar-refractivity contribution < 1.29 is 8.42 Å². The largest absolute Gasteiger partial charge is 0.302 e. The van der Waals surface area contributed by atoms with E-state index in [1.165, 1.54) is 0 Å². The minimum absolute atomic E-state index is 0.0428. The van der Waals surface area contributed by atoms with Gasteiger partial charge in [-0.15, -0.1) is 0 Å². The number of fused-ring (bicyclic) bond motifs is 3. The number of hydrogen-bond acceptors (Lipinski definition) is 4. The predicted octanol–water partition coefficient (Wildman–Crippen LogP) is 0.399. The van der Waals surface area contributed by atoms with Crippen LogP contribution in [0.1, 0.15) is 24.2 Å². The first-order valence-corrected chi connectivity index (χ1v) is 8.22. The van der Waals surface area contributed by atoms with Crippen LogP contribution in [0.25, 0.3) is 0 Å². The van der Waals surface area contributed by atoms with Crippen LogP contribution < -0.4 is 4.72 Å². The lowest BCUT2D eigenvalue weighted by Gasteiger charge is -2.44. The van der Waals surface area contributed by atoms with E-state index in [9.17, 15) is 8.42 Å². The van der Waals surface area contributed by atoms with Crippen LogP contribution in [0.5, 0.6) is 0 Å². The first kappa shape index (κ1) is 13.1. The van der Waals surface area contributed by atoms with Gasteiger partial charge in [0.05, 0.1) is 11.4 Å². The molecule has 3 saturated heterocycles. The summed E-state index contributed by atoms with van der Waals surface area (Å²) in [7, 11) is -3.47. The molecule has 6 nitrogen and oxygen atoms in total. The Kier molecular flexibility index (Phi) is 3.15. The second kappa shape index (κ2) is 4.57. The molecule has 2 bridgehead atoms. The van der Waals surface area contributed by atoms with Gasteiger partial charge in [0.25, 0.3) is 0 Å². The lowest BCUT2D eigenvalue weighted by atomic mass is 9.85. The average Bonchev–Trinajstić information content (AvgIpc) is 2.70. The molecule has 0 radical (unpaired) electrons. The summed E-state index contributed by atoms with van der Waals surface area (Å²) in [5.74, 6) is 0.479. The van der Waals surface area contributed by atoms with Gasteiger partial charge in [-0.05, 0) is 45.7 Å². The maximum atomic E-state index is 12.5. The quantitative estimate of drug-likeness (QED) is 0.842. The number of nitrogens with one attached hydrogen (secondary N) is 2. The van der Waals surface area contributed by atoms with Gasteiger partial charge in [0.15, 0.2) is 0 Å². The minimum atomic E-state index is -3.47. The van der Waals surface area contributed by atoms with Crippen molar-refractivity contribution in [2.75, 3.05) is 19.6 Å². The summed E-state index contributed by atoms with van der Waals surface area (Å²) in [5, 5.41) is 6.70. The second-order valence-electron chi connectivity index (χ2n) is 5.63. The van der Waals surface area contributed by atoms with Crippen LogP contribution in [0, 0.1) is 19.8 Å². The highest BCUT2D eigenvalue weighted by atomic mass is 32.2. The molecular weight excluding hydrogens is 264 g/mol. The maximum Gasteiger partial charge on any atom is 0.244 e. The van der Waals surface area contributed by atoms with Gasteiger partial charge in [-0.1, -0.05) is 0 Å². The van der Waals surface area contributed by atoms with E-state index in [4.69, 9.17) is 0 Å². The third-order valence-electron chi connectivity index (χ3n) is 4.29. The summed E-state index contributed by atoms with van der Waals surface area (Å²) in [5.41, 5.74) is 1.14. The second-order valence-corrected chi connectivity index (χ2v) is 7.28. The first-order valence-electron chi connectivity index (χ1n) is 6.73. The molecule has 1 aromatic rings. The smallest absolute Gasteiger partial charge is 0.244 e. The molecule has 3 aliphatic rings. The van der Waals surface area contributed by atoms with Crippen molar-refractivity contribution in [2.45, 2.75) is 37.6 Å². The van der Waals surface area contributed by atoms with Gasteiger partial charge < -0.3 is 4.90 Å². The molecule has 1 unspecified atom stereocenters. The number of sulfonamides is 1. The zero-order chi connectivity index (χ0) is 13.6. The number of rotatable bonds is 3. The van der Waals surface area contributed by atoms with Crippen LogP contribution in [0.2, 0.25) is 0 Å². The molecule has 0 spiro atoms. The number of aromatic nitrogens is 2. The Hall–Kier alpha value is -0.920. The average molecular weight is 284 g/mol. The predicted molar refractivity (Wildman–Crippen MR) is 71.3 cm³/mol. The maximum absolute atomic E-state index is 12.5. The van der Waals surface area contributed by atoms with Crippen LogP contribution in [-0.2, 0) is 10.0 Å². The highest BCUT2D eigenvalue weighted by Gasteiger charge is 2.37. The van der Waals surface area contributed by atoms with Crippen molar-refractivity contribution >= 4 is 10.0 Å². The fourth-order valence-electron chi connectivity index (χ4n) is 3.29. The van der Waals surface area contributed by atoms with Crippen LogP contribution in [-0.4, -0.2) is 49.2 Å². The minimum Gasteiger partial charge on any atom is -0.302 e. The Labute approximate surface area is 113 Å². The molecule has 3 fully saturated rings. The molecule has 0 aliphatic carbocycles. The van der Waals surface area contributed by atoms with Crippen molar-refractivity contribution in [1.29, 1.82) is 0 Å². The van der Waals surface area contributed by atoms with Gasteiger partial charge in [-0.2, -0.15) is 5.10 Å². The third-order valence-corrected chi connectivity index (χ3v) is 6.04. The number of nitrogens with zero attached hydrogens (tertiary/aromatic N) is 2. The Bertz CT molecular complexity index is 553. The molecule has 1 aromatic heterocycles. The Morgan fingerprint density at radius 1 is 1.32 bits per heavy atom. The van der Waals surface area contributed by atoms with Crippen LogP contribution >= 0.6 is 0 Å². The van der Waals surface area contributed by atoms with E-state index in [-0.39, 0.29) is 6.04 Å². The van der Waals surface area contributed by atoms with Crippen molar-refractivity contribution in [3.63, 3.8) is 0 Å². The van der Waals surface area contributed by atoms with Crippen LogP contribution in [0.15, 0.2) is 4.90 Å². The zero-order valence-electron chi connectivity index (χ0n) is 11.3. The number of aromatic amines is 1. The molecule has 0 saturated carbocycles. The summed E-state index contributed by atoms with van der Waals surface area (Å²) < 4.78 is 27.9. The molecule has 4 rings (SSSR count). The van der Waals surface area contributed by atoms with Gasteiger partial charge in [-0.3, -0.25) is 5.10 Å². The van der Waals surface area contributed by atoms with Gasteiger partial charge in [-0.25, -0.2) is 13.1 Å². The molecule has 2 N–H and O–H groups in total. The molecule has 3 aliphatic heterocycles. The zero-order valence-corrected chi connectivity index (χ0v) is 12.1. The Morgan fingerprint density at radius 2 is 2.00 bits per heavy atom. The Balaban J connectivity index is 1.83.